The Bertz CT molecular complexity index is 2480. The van der Waals surface area contributed by atoms with Crippen LogP contribution in [0, 0.1) is 13.1 Å². The number of allylic oxidation sites excluding steroid dienone is 1. The molecule has 0 radical (unpaired) electrons. The summed E-state index contributed by atoms with van der Waals surface area (Å²) >= 11 is -1.88. The van der Waals surface area contributed by atoms with Gasteiger partial charge in [0.25, 0.3) is 0 Å². The predicted octanol–water partition coefficient (Wildman–Crippen LogP) is 16.4. The van der Waals surface area contributed by atoms with Crippen molar-refractivity contribution in [2.75, 3.05) is 9.80 Å². The Morgan fingerprint density at radius 3 is 1.17 bits per heavy atom. The molecule has 2 fully saturated rings. The zero-order chi connectivity index (χ0) is 47.3. The van der Waals surface area contributed by atoms with Gasteiger partial charge in [0, 0.05) is 22.5 Å². The molecule has 66 heavy (non-hydrogen) atoms. The second kappa shape index (κ2) is 20.9. The summed E-state index contributed by atoms with van der Waals surface area (Å²) in [5.41, 5.74) is 16.8. The van der Waals surface area contributed by atoms with Crippen molar-refractivity contribution in [3.8, 4) is 0 Å². The number of hydrogen-bond acceptors (Lipinski definition) is 2. The zero-order valence-electron chi connectivity index (χ0n) is 40.9. The molecule has 2 unspecified atom stereocenters. The van der Waals surface area contributed by atoms with Crippen LogP contribution in [0.4, 0.5) is 11.4 Å². The fraction of sp³-hybridized carbons (Fsp3) is 0.328. The number of fused-ring (bicyclic) bond motifs is 1. The summed E-state index contributed by atoms with van der Waals surface area (Å²) in [6, 6.07) is 54.1. The van der Waals surface area contributed by atoms with E-state index >= 15 is 0 Å². The van der Waals surface area contributed by atoms with Crippen molar-refractivity contribution in [1.82, 2.24) is 0 Å². The molecule has 0 bridgehead atoms. The van der Waals surface area contributed by atoms with Gasteiger partial charge in [-0.05, 0) is 88.5 Å². The van der Waals surface area contributed by atoms with Crippen LogP contribution in [0.15, 0.2) is 158 Å². The van der Waals surface area contributed by atoms with E-state index in [1.807, 2.05) is 24.3 Å². The van der Waals surface area contributed by atoms with Crippen LogP contribution in [0.5, 0.6) is 0 Å². The van der Waals surface area contributed by atoms with Gasteiger partial charge in [0.2, 0.25) is 0 Å². The Labute approximate surface area is 411 Å². The van der Waals surface area contributed by atoms with E-state index in [0.717, 1.165) is 42.6 Å². The first kappa shape index (κ1) is 49.6. The maximum absolute atomic E-state index is 6.19. The molecule has 0 N–H and O–H groups in total. The van der Waals surface area contributed by atoms with Gasteiger partial charge in [-0.15, -0.1) is 10.8 Å². The average Bonchev–Trinajstić information content (AvgIpc) is 3.94. The third-order valence-electron chi connectivity index (χ3n) is 14.0. The Kier molecular flexibility index (Phi) is 15.7. The second-order valence-corrected chi connectivity index (χ2v) is 25.6. The first-order valence-electron chi connectivity index (χ1n) is 24.0. The molecule has 1 aliphatic carbocycles. The number of anilines is 2. The molecular weight excluding hydrogens is 933 g/mol. The van der Waals surface area contributed by atoms with E-state index in [4.69, 9.17) is 19.4 Å². The monoisotopic (exact) mass is 1000 g/mol. The van der Waals surface area contributed by atoms with Gasteiger partial charge in [0.1, 0.15) is 0 Å². The van der Waals surface area contributed by atoms with Gasteiger partial charge in [0.15, 0.2) is 0 Å². The van der Waals surface area contributed by atoms with Crippen molar-refractivity contribution in [3.05, 3.63) is 221 Å². The van der Waals surface area contributed by atoms with Crippen molar-refractivity contribution in [2.24, 2.45) is 0 Å². The van der Waals surface area contributed by atoms with E-state index in [-0.39, 0.29) is 21.9 Å². The molecule has 0 saturated carbocycles. The fourth-order valence-electron chi connectivity index (χ4n) is 10.9. The molecule has 2 atom stereocenters. The van der Waals surface area contributed by atoms with Crippen LogP contribution in [0.1, 0.15) is 132 Å². The summed E-state index contributed by atoms with van der Waals surface area (Å²) in [7, 11) is 12.4. The van der Waals surface area contributed by atoms with E-state index in [2.05, 4.69) is 226 Å². The van der Waals surface area contributed by atoms with Crippen LogP contribution in [0.3, 0.4) is 0 Å². The predicted molar refractivity (Wildman–Crippen MR) is 285 cm³/mol. The van der Waals surface area contributed by atoms with Crippen molar-refractivity contribution in [1.29, 1.82) is 0 Å². The van der Waals surface area contributed by atoms with E-state index in [1.54, 1.807) is 0 Å². The molecule has 9 rings (SSSR count). The summed E-state index contributed by atoms with van der Waals surface area (Å²) < 4.78 is 1.12. The Hall–Kier alpha value is -4.27. The van der Waals surface area contributed by atoms with Crippen molar-refractivity contribution < 1.29 is 13.5 Å². The van der Waals surface area contributed by atoms with Crippen LogP contribution in [0.2, 0.25) is 0 Å². The number of para-hydroxylation sites is 2. The van der Waals surface area contributed by atoms with Gasteiger partial charge in [-0.25, -0.2) is 13.1 Å². The third kappa shape index (κ3) is 10.4. The molecule has 6 aromatic rings. The standard InChI is InChI=1S/2C23H30N.C15H10.2ClH.Ru/c2*1-6-18-12-11-13-19(7-2)21(18)24-17-23(5,16-22(24,3)4)20-14-9-8-10-15-20;1-2-6-12(7-3-1)15-11-10-13-8-4-5-9-14(13)15;;;/h2*8-15,17H,6-7,16H2,1-5H3;1-9,11H;2*1H;/q2*-1;;;;+2/p-2. The van der Waals surface area contributed by atoms with E-state index in [0.29, 0.717) is 0 Å². The summed E-state index contributed by atoms with van der Waals surface area (Å²) in [6.07, 6.45) is 8.71. The zero-order valence-corrected chi connectivity index (χ0v) is 44.2. The molecule has 0 aromatic heterocycles. The van der Waals surface area contributed by atoms with Gasteiger partial charge >= 0.3 is 120 Å². The summed E-state index contributed by atoms with van der Waals surface area (Å²) in [4.78, 5) is 5.13. The quantitative estimate of drug-likeness (QED) is 0.105. The molecule has 2 heterocycles. The topological polar surface area (TPSA) is 6.48 Å². The van der Waals surface area contributed by atoms with Crippen molar-refractivity contribution in [3.63, 3.8) is 0 Å². The van der Waals surface area contributed by atoms with Crippen molar-refractivity contribution >= 4 is 40.4 Å². The molecule has 2 nitrogen and oxygen atoms in total. The molecule has 0 spiro atoms. The van der Waals surface area contributed by atoms with Gasteiger partial charge in [-0.3, -0.25) is 0 Å². The minimum atomic E-state index is -1.88. The van der Waals surface area contributed by atoms with Crippen LogP contribution >= 0.6 is 19.4 Å². The van der Waals surface area contributed by atoms with E-state index in [1.165, 1.54) is 67.0 Å². The van der Waals surface area contributed by atoms with Gasteiger partial charge < -0.3 is 9.80 Å². The number of halogens is 2. The number of hydrogen-bond donors (Lipinski definition) is 0. The average molecular weight is 1000 g/mol. The number of aryl methyl sites for hydroxylation is 4. The third-order valence-corrected chi connectivity index (χ3v) is 17.1. The first-order valence-corrected chi connectivity index (χ1v) is 29.3. The number of rotatable bonds is 9. The molecule has 2 saturated heterocycles. The van der Waals surface area contributed by atoms with Crippen molar-refractivity contribution in [2.45, 2.75) is 130 Å². The SMILES string of the molecule is CCc1cccc(CC)c1N1[CH-]C(C)(c2ccccc2)CC1(C)C.CCc1cccc(CC)c1N1[CH-]C(C)(c2ccccc2)CC1(C)C.[Cl][Ru]([Cl])=[C]1C=C(c2ccccc2)c2ccccc21. The Morgan fingerprint density at radius 2 is 0.803 bits per heavy atom. The Morgan fingerprint density at radius 1 is 0.455 bits per heavy atom. The normalized spacial score (nSPS) is 20.5. The van der Waals surface area contributed by atoms with Crippen LogP contribution < -0.4 is 9.80 Å². The van der Waals surface area contributed by atoms with Gasteiger partial charge in [0.05, 0.1) is 0 Å². The summed E-state index contributed by atoms with van der Waals surface area (Å²) in [5.74, 6) is 0. The Balaban J connectivity index is 0.000000149. The molecule has 0 amide bonds. The maximum atomic E-state index is 6.19. The van der Waals surface area contributed by atoms with Crippen LogP contribution in [0.25, 0.3) is 5.57 Å². The number of benzene rings is 6. The van der Waals surface area contributed by atoms with E-state index in [9.17, 15) is 0 Å². The molecule has 6 aromatic carbocycles. The fourth-order valence-corrected chi connectivity index (χ4v) is 13.4. The summed E-state index contributed by atoms with van der Waals surface area (Å²) in [6.45, 7) is 28.3. The molecule has 5 heteroatoms. The molecule has 348 valence electrons. The minimum absolute atomic E-state index is 0.0800. The van der Waals surface area contributed by atoms with Gasteiger partial charge in [-0.1, -0.05) is 150 Å². The van der Waals surface area contributed by atoms with Gasteiger partial charge in [-0.2, -0.15) is 0 Å². The van der Waals surface area contributed by atoms with E-state index < -0.39 is 13.5 Å². The second-order valence-electron chi connectivity index (χ2n) is 19.8. The summed E-state index contributed by atoms with van der Waals surface area (Å²) in [5, 5.41) is 0. The first-order chi connectivity index (χ1) is 31.6. The van der Waals surface area contributed by atoms with Crippen LogP contribution in [-0.4, -0.2) is 15.2 Å². The molecular formula is C61H70Cl2N2Ru-2. The molecule has 2 aliphatic heterocycles. The number of nitrogens with zero attached hydrogens (tertiary/aromatic N) is 2. The van der Waals surface area contributed by atoms with Crippen LogP contribution in [-0.2, 0) is 50.0 Å². The molecule has 3 aliphatic rings.